The van der Waals surface area contributed by atoms with Crippen molar-refractivity contribution in [2.75, 3.05) is 5.32 Å². The molecule has 0 saturated heterocycles. The van der Waals surface area contributed by atoms with Gasteiger partial charge in [-0.2, -0.15) is 0 Å². The number of benzene rings is 1. The molecule has 2 heterocycles. The minimum absolute atomic E-state index is 0.125. The SMILES string of the molecule is Cc1cccc(C(=O)Nc2cnc3[nH]ccc3c2)c1. The second kappa shape index (κ2) is 4.57. The van der Waals surface area contributed by atoms with Crippen molar-refractivity contribution in [3.63, 3.8) is 0 Å². The summed E-state index contributed by atoms with van der Waals surface area (Å²) < 4.78 is 0. The number of carbonyl (C=O) groups excluding carboxylic acids is 1. The number of aryl methyl sites for hydroxylation is 1. The smallest absolute Gasteiger partial charge is 0.255 e. The quantitative estimate of drug-likeness (QED) is 0.735. The lowest BCUT2D eigenvalue weighted by Gasteiger charge is -2.05. The highest BCUT2D eigenvalue weighted by molar-refractivity contribution is 6.04. The normalized spacial score (nSPS) is 10.6. The van der Waals surface area contributed by atoms with Crippen LogP contribution in [0, 0.1) is 6.92 Å². The van der Waals surface area contributed by atoms with E-state index in [2.05, 4.69) is 15.3 Å². The van der Waals surface area contributed by atoms with Gasteiger partial charge in [0.1, 0.15) is 5.65 Å². The molecular weight excluding hydrogens is 238 g/mol. The molecule has 19 heavy (non-hydrogen) atoms. The van der Waals surface area contributed by atoms with Gasteiger partial charge in [0.2, 0.25) is 0 Å². The Balaban J connectivity index is 1.86. The van der Waals surface area contributed by atoms with E-state index < -0.39 is 0 Å². The summed E-state index contributed by atoms with van der Waals surface area (Å²) in [5, 5.41) is 3.83. The number of anilines is 1. The molecule has 0 atom stereocenters. The number of rotatable bonds is 2. The van der Waals surface area contributed by atoms with Crippen molar-refractivity contribution in [3.8, 4) is 0 Å². The third-order valence-electron chi connectivity index (χ3n) is 2.94. The Morgan fingerprint density at radius 3 is 3.00 bits per heavy atom. The maximum atomic E-state index is 12.1. The number of carbonyl (C=O) groups is 1. The zero-order chi connectivity index (χ0) is 13.2. The Hall–Kier alpha value is -2.62. The van der Waals surface area contributed by atoms with Crippen molar-refractivity contribution in [2.24, 2.45) is 0 Å². The van der Waals surface area contributed by atoms with E-state index in [0.29, 0.717) is 11.3 Å². The first-order chi connectivity index (χ1) is 9.22. The molecule has 4 nitrogen and oxygen atoms in total. The van der Waals surface area contributed by atoms with Crippen molar-refractivity contribution in [2.45, 2.75) is 6.92 Å². The van der Waals surface area contributed by atoms with Gasteiger partial charge in [0.05, 0.1) is 11.9 Å². The first-order valence-electron chi connectivity index (χ1n) is 6.03. The van der Waals surface area contributed by atoms with Gasteiger partial charge in [-0.3, -0.25) is 4.79 Å². The first-order valence-corrected chi connectivity index (χ1v) is 6.03. The van der Waals surface area contributed by atoms with Crippen molar-refractivity contribution >= 4 is 22.6 Å². The minimum Gasteiger partial charge on any atom is -0.346 e. The molecule has 2 aromatic heterocycles. The second-order valence-electron chi connectivity index (χ2n) is 4.46. The van der Waals surface area contributed by atoms with Crippen LogP contribution in [0.25, 0.3) is 11.0 Å². The summed E-state index contributed by atoms with van der Waals surface area (Å²) >= 11 is 0. The van der Waals surface area contributed by atoms with Crippen LogP contribution in [-0.2, 0) is 0 Å². The number of hydrogen-bond acceptors (Lipinski definition) is 2. The molecule has 94 valence electrons. The Labute approximate surface area is 110 Å². The second-order valence-corrected chi connectivity index (χ2v) is 4.46. The van der Waals surface area contributed by atoms with Crippen LogP contribution < -0.4 is 5.32 Å². The number of hydrogen-bond donors (Lipinski definition) is 2. The van der Waals surface area contributed by atoms with Crippen molar-refractivity contribution in [1.29, 1.82) is 0 Å². The number of nitrogens with one attached hydrogen (secondary N) is 2. The topological polar surface area (TPSA) is 57.8 Å². The average molecular weight is 251 g/mol. The zero-order valence-corrected chi connectivity index (χ0v) is 10.5. The molecule has 1 aromatic carbocycles. The van der Waals surface area contributed by atoms with Crippen LogP contribution in [-0.4, -0.2) is 15.9 Å². The molecule has 1 amide bonds. The predicted molar refractivity (Wildman–Crippen MR) is 75.2 cm³/mol. The molecular formula is C15H13N3O. The maximum absolute atomic E-state index is 12.1. The number of pyridine rings is 1. The molecule has 0 aliphatic carbocycles. The first kappa shape index (κ1) is 11.5. The van der Waals surface area contributed by atoms with E-state index in [-0.39, 0.29) is 5.91 Å². The number of aromatic amines is 1. The Kier molecular flexibility index (Phi) is 2.76. The van der Waals surface area contributed by atoms with Crippen LogP contribution in [0.4, 0.5) is 5.69 Å². The van der Waals surface area contributed by atoms with Gasteiger partial charge < -0.3 is 10.3 Å². The summed E-state index contributed by atoms with van der Waals surface area (Å²) in [6, 6.07) is 11.3. The van der Waals surface area contributed by atoms with Crippen molar-refractivity contribution in [3.05, 3.63) is 59.9 Å². The molecule has 0 bridgehead atoms. The molecule has 4 heteroatoms. The molecule has 3 aromatic rings. The molecule has 0 fully saturated rings. The molecule has 0 saturated carbocycles. The highest BCUT2D eigenvalue weighted by Gasteiger charge is 2.07. The van der Waals surface area contributed by atoms with Gasteiger partial charge >= 0.3 is 0 Å². The standard InChI is InChI=1S/C15H13N3O/c1-10-3-2-4-12(7-10)15(19)18-13-8-11-5-6-16-14(11)17-9-13/h2-9H,1H3,(H,16,17)(H,18,19). The van der Waals surface area contributed by atoms with Gasteiger partial charge in [-0.1, -0.05) is 17.7 Å². The summed E-state index contributed by atoms with van der Waals surface area (Å²) in [6.45, 7) is 1.96. The van der Waals surface area contributed by atoms with Crippen molar-refractivity contribution in [1.82, 2.24) is 9.97 Å². The van der Waals surface area contributed by atoms with Crippen LogP contribution in [0.5, 0.6) is 0 Å². The number of H-pyrrole nitrogens is 1. The van der Waals surface area contributed by atoms with Gasteiger partial charge in [0.15, 0.2) is 0 Å². The fourth-order valence-electron chi connectivity index (χ4n) is 2.00. The summed E-state index contributed by atoms with van der Waals surface area (Å²) in [5.41, 5.74) is 3.22. The number of amides is 1. The van der Waals surface area contributed by atoms with Gasteiger partial charge in [-0.15, -0.1) is 0 Å². The third-order valence-corrected chi connectivity index (χ3v) is 2.94. The lowest BCUT2D eigenvalue weighted by Crippen LogP contribution is -2.12. The third kappa shape index (κ3) is 2.33. The lowest BCUT2D eigenvalue weighted by molar-refractivity contribution is 0.102. The fraction of sp³-hybridized carbons (Fsp3) is 0.0667. The molecule has 0 aliphatic rings. The summed E-state index contributed by atoms with van der Waals surface area (Å²) in [6.07, 6.45) is 3.47. The number of fused-ring (bicyclic) bond motifs is 1. The van der Waals surface area contributed by atoms with Crippen LogP contribution in [0.2, 0.25) is 0 Å². The molecule has 0 unspecified atom stereocenters. The van der Waals surface area contributed by atoms with Gasteiger partial charge in [-0.05, 0) is 31.2 Å². The molecule has 3 rings (SSSR count). The average Bonchev–Trinajstić information content (AvgIpc) is 2.86. The van der Waals surface area contributed by atoms with E-state index in [0.717, 1.165) is 16.6 Å². The molecule has 0 spiro atoms. The number of nitrogens with zero attached hydrogens (tertiary/aromatic N) is 1. The minimum atomic E-state index is -0.125. The van der Waals surface area contributed by atoms with Crippen LogP contribution in [0.15, 0.2) is 48.8 Å². The Bertz CT molecular complexity index is 746. The molecule has 0 radical (unpaired) electrons. The summed E-state index contributed by atoms with van der Waals surface area (Å²) in [4.78, 5) is 19.3. The van der Waals surface area contributed by atoms with Gasteiger partial charge in [0.25, 0.3) is 5.91 Å². The highest BCUT2D eigenvalue weighted by atomic mass is 16.1. The lowest BCUT2D eigenvalue weighted by atomic mass is 10.1. The maximum Gasteiger partial charge on any atom is 0.255 e. The summed E-state index contributed by atoms with van der Waals surface area (Å²) in [5.74, 6) is -0.125. The Morgan fingerprint density at radius 2 is 2.16 bits per heavy atom. The summed E-state index contributed by atoms with van der Waals surface area (Å²) in [7, 11) is 0. The monoisotopic (exact) mass is 251 g/mol. The van der Waals surface area contributed by atoms with E-state index in [1.165, 1.54) is 0 Å². The Morgan fingerprint density at radius 1 is 1.26 bits per heavy atom. The van der Waals surface area contributed by atoms with Gasteiger partial charge in [0, 0.05) is 17.1 Å². The van der Waals surface area contributed by atoms with E-state index in [1.54, 1.807) is 12.3 Å². The van der Waals surface area contributed by atoms with Crippen LogP contribution in [0.3, 0.4) is 0 Å². The van der Waals surface area contributed by atoms with E-state index >= 15 is 0 Å². The molecule has 0 aliphatic heterocycles. The molecule has 2 N–H and O–H groups in total. The number of aromatic nitrogens is 2. The van der Waals surface area contributed by atoms with Gasteiger partial charge in [-0.25, -0.2) is 4.98 Å². The fourth-order valence-corrected chi connectivity index (χ4v) is 2.00. The van der Waals surface area contributed by atoms with Crippen LogP contribution in [0.1, 0.15) is 15.9 Å². The predicted octanol–water partition coefficient (Wildman–Crippen LogP) is 3.12. The van der Waals surface area contributed by atoms with E-state index in [4.69, 9.17) is 0 Å². The highest BCUT2D eigenvalue weighted by Crippen LogP contribution is 2.16. The van der Waals surface area contributed by atoms with Crippen LogP contribution >= 0.6 is 0 Å². The largest absolute Gasteiger partial charge is 0.346 e. The van der Waals surface area contributed by atoms with Crippen molar-refractivity contribution < 1.29 is 4.79 Å². The van der Waals surface area contributed by atoms with E-state index in [1.807, 2.05) is 43.5 Å². The zero-order valence-electron chi connectivity index (χ0n) is 10.5. The van der Waals surface area contributed by atoms with E-state index in [9.17, 15) is 4.79 Å².